The molecule has 0 saturated heterocycles. The van der Waals surface area contributed by atoms with Crippen LogP contribution in [0.25, 0.3) is 10.8 Å². The average molecular weight is 204 g/mol. The molecule has 78 valence electrons. The molecule has 0 aliphatic heterocycles. The van der Waals surface area contributed by atoms with Crippen molar-refractivity contribution in [1.82, 2.24) is 0 Å². The van der Waals surface area contributed by atoms with E-state index in [0.717, 1.165) is 23.8 Å². The zero-order valence-electron chi connectivity index (χ0n) is 8.41. The zero-order chi connectivity index (χ0) is 10.7. The molecule has 0 aromatic heterocycles. The Labute approximate surface area is 88.2 Å². The number of halogens is 1. The van der Waals surface area contributed by atoms with Gasteiger partial charge in [-0.05, 0) is 29.9 Å². The number of benzene rings is 2. The highest BCUT2D eigenvalue weighted by molar-refractivity contribution is 5.86. The molecule has 0 bridgehead atoms. The summed E-state index contributed by atoms with van der Waals surface area (Å²) in [7, 11) is 0. The van der Waals surface area contributed by atoms with Gasteiger partial charge in [-0.1, -0.05) is 30.3 Å². The maximum atomic E-state index is 13.4. The molecular weight excluding hydrogens is 191 g/mol. The molecule has 0 spiro atoms. The summed E-state index contributed by atoms with van der Waals surface area (Å²) in [5, 5.41) is 10.4. The van der Waals surface area contributed by atoms with Crippen LogP contribution < -0.4 is 0 Å². The lowest BCUT2D eigenvalue weighted by Gasteiger charge is -2.05. The highest BCUT2D eigenvalue weighted by Crippen LogP contribution is 2.22. The van der Waals surface area contributed by atoms with E-state index in [1.165, 1.54) is 6.07 Å². The second-order valence-electron chi connectivity index (χ2n) is 3.58. The second-order valence-corrected chi connectivity index (χ2v) is 3.58. The van der Waals surface area contributed by atoms with Crippen molar-refractivity contribution in [2.24, 2.45) is 0 Å². The largest absolute Gasteiger partial charge is 0.396 e. The van der Waals surface area contributed by atoms with Gasteiger partial charge in [-0.25, -0.2) is 4.39 Å². The fourth-order valence-corrected chi connectivity index (χ4v) is 1.82. The molecule has 0 saturated carbocycles. The minimum absolute atomic E-state index is 0.172. The van der Waals surface area contributed by atoms with Gasteiger partial charge in [0.1, 0.15) is 5.82 Å². The molecule has 0 aliphatic carbocycles. The molecule has 1 N–H and O–H groups in total. The molecule has 0 aliphatic rings. The van der Waals surface area contributed by atoms with E-state index in [2.05, 4.69) is 0 Å². The maximum absolute atomic E-state index is 13.4. The highest BCUT2D eigenvalue weighted by Gasteiger charge is 2.03. The van der Waals surface area contributed by atoms with Gasteiger partial charge in [0.2, 0.25) is 0 Å². The minimum atomic E-state index is -0.182. The molecule has 1 nitrogen and oxygen atoms in total. The first kappa shape index (κ1) is 10.1. The molecule has 15 heavy (non-hydrogen) atoms. The van der Waals surface area contributed by atoms with Crippen molar-refractivity contribution >= 4 is 10.8 Å². The van der Waals surface area contributed by atoms with Gasteiger partial charge in [-0.2, -0.15) is 0 Å². The quantitative estimate of drug-likeness (QED) is 0.815. The summed E-state index contributed by atoms with van der Waals surface area (Å²) >= 11 is 0. The molecule has 2 aromatic rings. The smallest absolute Gasteiger partial charge is 0.131 e. The van der Waals surface area contributed by atoms with Crippen molar-refractivity contribution in [2.45, 2.75) is 12.8 Å². The Balaban J connectivity index is 2.51. The summed E-state index contributed by atoms with van der Waals surface area (Å²) in [6.45, 7) is 0.172. The highest BCUT2D eigenvalue weighted by atomic mass is 19.1. The van der Waals surface area contributed by atoms with Crippen molar-refractivity contribution < 1.29 is 9.50 Å². The van der Waals surface area contributed by atoms with E-state index < -0.39 is 0 Å². The van der Waals surface area contributed by atoms with Crippen LogP contribution in [0, 0.1) is 5.82 Å². The number of rotatable bonds is 3. The summed E-state index contributed by atoms with van der Waals surface area (Å²) in [6, 6.07) is 10.7. The van der Waals surface area contributed by atoms with Gasteiger partial charge in [0.15, 0.2) is 0 Å². The summed E-state index contributed by atoms with van der Waals surface area (Å²) in [5.74, 6) is -0.182. The summed E-state index contributed by atoms with van der Waals surface area (Å²) in [5.41, 5.74) is 1.10. The molecular formula is C13H13FO. The third-order valence-electron chi connectivity index (χ3n) is 2.56. The van der Waals surface area contributed by atoms with E-state index in [9.17, 15) is 4.39 Å². The van der Waals surface area contributed by atoms with Crippen LogP contribution in [-0.2, 0) is 6.42 Å². The van der Waals surface area contributed by atoms with Crippen LogP contribution in [0.2, 0.25) is 0 Å². The molecule has 0 heterocycles. The Morgan fingerprint density at radius 2 is 1.73 bits per heavy atom. The predicted octanol–water partition coefficient (Wildman–Crippen LogP) is 2.90. The van der Waals surface area contributed by atoms with Gasteiger partial charge in [-0.15, -0.1) is 0 Å². The average Bonchev–Trinajstić information content (AvgIpc) is 2.27. The van der Waals surface area contributed by atoms with Crippen molar-refractivity contribution in [3.8, 4) is 0 Å². The Bertz CT molecular complexity index is 465. The van der Waals surface area contributed by atoms with Crippen molar-refractivity contribution in [3.05, 3.63) is 47.8 Å². The molecule has 2 heteroatoms. The minimum Gasteiger partial charge on any atom is -0.396 e. The normalized spacial score (nSPS) is 10.8. The van der Waals surface area contributed by atoms with E-state index in [4.69, 9.17) is 5.11 Å². The molecule has 0 fully saturated rings. The van der Waals surface area contributed by atoms with Crippen LogP contribution in [0.3, 0.4) is 0 Å². The fraction of sp³-hybridized carbons (Fsp3) is 0.231. The lowest BCUT2D eigenvalue weighted by Crippen LogP contribution is -1.91. The number of aryl methyl sites for hydroxylation is 1. The third kappa shape index (κ3) is 2.00. The SMILES string of the molecule is OCCCc1cccc2c(F)cccc12. The van der Waals surface area contributed by atoms with Gasteiger partial charge in [0, 0.05) is 12.0 Å². The van der Waals surface area contributed by atoms with Crippen LogP contribution >= 0.6 is 0 Å². The monoisotopic (exact) mass is 204 g/mol. The van der Waals surface area contributed by atoms with Gasteiger partial charge in [0.05, 0.1) is 0 Å². The summed E-state index contributed by atoms with van der Waals surface area (Å²) in [4.78, 5) is 0. The van der Waals surface area contributed by atoms with Crippen molar-refractivity contribution in [2.75, 3.05) is 6.61 Å². The topological polar surface area (TPSA) is 20.2 Å². The molecule has 0 atom stereocenters. The van der Waals surface area contributed by atoms with E-state index in [0.29, 0.717) is 5.39 Å². The Morgan fingerprint density at radius 3 is 2.53 bits per heavy atom. The van der Waals surface area contributed by atoms with Crippen LogP contribution in [0.4, 0.5) is 4.39 Å². The molecule has 0 unspecified atom stereocenters. The van der Waals surface area contributed by atoms with Crippen molar-refractivity contribution in [1.29, 1.82) is 0 Å². The van der Waals surface area contributed by atoms with E-state index in [1.54, 1.807) is 12.1 Å². The van der Waals surface area contributed by atoms with E-state index in [1.807, 2.05) is 18.2 Å². The second kappa shape index (κ2) is 4.41. The van der Waals surface area contributed by atoms with Crippen LogP contribution in [0.15, 0.2) is 36.4 Å². The van der Waals surface area contributed by atoms with Crippen LogP contribution in [0.1, 0.15) is 12.0 Å². The van der Waals surface area contributed by atoms with Crippen LogP contribution in [-0.4, -0.2) is 11.7 Å². The molecule has 2 rings (SSSR count). The van der Waals surface area contributed by atoms with E-state index >= 15 is 0 Å². The van der Waals surface area contributed by atoms with Gasteiger partial charge < -0.3 is 5.11 Å². The van der Waals surface area contributed by atoms with Gasteiger partial charge in [-0.3, -0.25) is 0 Å². The Morgan fingerprint density at radius 1 is 1.00 bits per heavy atom. The molecule has 2 aromatic carbocycles. The fourth-order valence-electron chi connectivity index (χ4n) is 1.82. The number of fused-ring (bicyclic) bond motifs is 1. The van der Waals surface area contributed by atoms with Crippen LogP contribution in [0.5, 0.6) is 0 Å². The first-order valence-electron chi connectivity index (χ1n) is 5.10. The standard InChI is InChI=1S/C13H13FO/c14-13-8-2-6-11-10(5-3-9-15)4-1-7-12(11)13/h1-2,4,6-8,15H,3,5,9H2. The first-order valence-corrected chi connectivity index (χ1v) is 5.10. The Hall–Kier alpha value is -1.41. The maximum Gasteiger partial charge on any atom is 0.131 e. The summed E-state index contributed by atoms with van der Waals surface area (Å²) in [6.07, 6.45) is 1.51. The van der Waals surface area contributed by atoms with Crippen molar-refractivity contribution in [3.63, 3.8) is 0 Å². The lowest BCUT2D eigenvalue weighted by atomic mass is 10.0. The lowest BCUT2D eigenvalue weighted by molar-refractivity contribution is 0.289. The zero-order valence-corrected chi connectivity index (χ0v) is 8.41. The van der Waals surface area contributed by atoms with E-state index in [-0.39, 0.29) is 12.4 Å². The number of aliphatic hydroxyl groups excluding tert-OH is 1. The molecule has 0 radical (unpaired) electrons. The number of aliphatic hydroxyl groups is 1. The van der Waals surface area contributed by atoms with Gasteiger partial charge >= 0.3 is 0 Å². The first-order chi connectivity index (χ1) is 7.33. The Kier molecular flexibility index (Phi) is 2.97. The summed E-state index contributed by atoms with van der Waals surface area (Å²) < 4.78 is 13.4. The predicted molar refractivity (Wildman–Crippen MR) is 59.3 cm³/mol. The third-order valence-corrected chi connectivity index (χ3v) is 2.56. The number of hydrogen-bond acceptors (Lipinski definition) is 1. The van der Waals surface area contributed by atoms with Gasteiger partial charge in [0.25, 0.3) is 0 Å². The number of hydrogen-bond donors (Lipinski definition) is 1. The molecule has 0 amide bonds.